The summed E-state index contributed by atoms with van der Waals surface area (Å²) >= 11 is 0. The minimum absolute atomic E-state index is 0.481. The van der Waals surface area contributed by atoms with E-state index in [1.807, 2.05) is 0 Å². The van der Waals surface area contributed by atoms with Crippen LogP contribution in [-0.2, 0) is 10.8 Å². The van der Waals surface area contributed by atoms with Gasteiger partial charge in [0.1, 0.15) is 0 Å². The van der Waals surface area contributed by atoms with Gasteiger partial charge in [0.2, 0.25) is 0 Å². The van der Waals surface area contributed by atoms with Crippen molar-refractivity contribution in [1.82, 2.24) is 4.98 Å². The van der Waals surface area contributed by atoms with Crippen LogP contribution in [0.4, 0.5) is 0 Å². The third-order valence-corrected chi connectivity index (χ3v) is 12.1. The van der Waals surface area contributed by atoms with E-state index in [1.54, 1.807) is 0 Å². The summed E-state index contributed by atoms with van der Waals surface area (Å²) in [6.45, 7) is 0. The molecule has 0 fully saturated rings. The van der Waals surface area contributed by atoms with Crippen LogP contribution < -0.4 is 0 Å². The molecule has 12 rings (SSSR count). The maximum atomic E-state index is 3.97. The first-order chi connectivity index (χ1) is 24.3. The summed E-state index contributed by atoms with van der Waals surface area (Å²) in [6, 6.07) is 64.3. The molecule has 49 heavy (non-hydrogen) atoms. The van der Waals surface area contributed by atoms with Crippen molar-refractivity contribution in [3.05, 3.63) is 214 Å². The highest BCUT2D eigenvalue weighted by atomic mass is 14.7. The van der Waals surface area contributed by atoms with E-state index in [2.05, 4.69) is 175 Å². The highest BCUT2D eigenvalue weighted by Crippen LogP contribution is 2.67. The molecule has 226 valence electrons. The molecule has 8 aromatic carbocycles. The summed E-state index contributed by atoms with van der Waals surface area (Å²) in [5.74, 6) is 0. The number of hydrogen-bond donors (Lipinski definition) is 1. The van der Waals surface area contributed by atoms with E-state index in [0.717, 1.165) is 0 Å². The van der Waals surface area contributed by atoms with Gasteiger partial charge in [-0.2, -0.15) is 0 Å². The molecular weight excluding hydrogens is 591 g/mol. The van der Waals surface area contributed by atoms with Crippen LogP contribution in [0.1, 0.15) is 44.5 Å². The summed E-state index contributed by atoms with van der Waals surface area (Å²) in [7, 11) is 0. The van der Waals surface area contributed by atoms with Crippen LogP contribution in [-0.4, -0.2) is 4.98 Å². The Hall–Kier alpha value is -6.18. The van der Waals surface area contributed by atoms with E-state index < -0.39 is 10.8 Å². The van der Waals surface area contributed by atoms with Crippen LogP contribution in [0.25, 0.3) is 54.8 Å². The average molecular weight is 620 g/mol. The minimum atomic E-state index is -0.482. The lowest BCUT2D eigenvalue weighted by atomic mass is 9.52. The predicted molar refractivity (Wildman–Crippen MR) is 201 cm³/mol. The Morgan fingerprint density at radius 1 is 0.306 bits per heavy atom. The molecule has 1 aromatic heterocycles. The van der Waals surface area contributed by atoms with Gasteiger partial charge in [0.25, 0.3) is 0 Å². The average Bonchev–Trinajstić information content (AvgIpc) is 3.79. The molecule has 0 amide bonds. The molecule has 1 nitrogen and oxygen atoms in total. The Morgan fingerprint density at radius 2 is 0.735 bits per heavy atom. The lowest BCUT2D eigenvalue weighted by molar-refractivity contribution is 0.634. The van der Waals surface area contributed by atoms with Gasteiger partial charge in [-0.15, -0.1) is 0 Å². The van der Waals surface area contributed by atoms with Gasteiger partial charge in [-0.1, -0.05) is 158 Å². The van der Waals surface area contributed by atoms with Crippen molar-refractivity contribution in [3.63, 3.8) is 0 Å². The first kappa shape index (κ1) is 25.9. The zero-order chi connectivity index (χ0) is 31.9. The Labute approximate surface area is 284 Å². The molecule has 0 unspecified atom stereocenters. The van der Waals surface area contributed by atoms with Gasteiger partial charge in [0.15, 0.2) is 0 Å². The number of rotatable bonds is 0. The predicted octanol–water partition coefficient (Wildman–Crippen LogP) is 11.5. The van der Waals surface area contributed by atoms with Gasteiger partial charge in [-0.3, -0.25) is 0 Å². The van der Waals surface area contributed by atoms with E-state index in [0.29, 0.717) is 0 Å². The second kappa shape index (κ2) is 8.83. The molecule has 0 bridgehead atoms. The Kier molecular flexibility index (Phi) is 4.66. The third kappa shape index (κ3) is 2.84. The first-order valence-corrected chi connectivity index (χ1v) is 17.3. The quantitative estimate of drug-likeness (QED) is 0.174. The van der Waals surface area contributed by atoms with E-state index in [-0.39, 0.29) is 0 Å². The van der Waals surface area contributed by atoms with Crippen molar-refractivity contribution in [2.75, 3.05) is 0 Å². The fourth-order valence-corrected chi connectivity index (χ4v) is 10.4. The van der Waals surface area contributed by atoms with Gasteiger partial charge >= 0.3 is 0 Å². The number of H-pyrrole nitrogens is 1. The van der Waals surface area contributed by atoms with Gasteiger partial charge in [-0.25, -0.2) is 0 Å². The Morgan fingerprint density at radius 3 is 1.27 bits per heavy atom. The van der Waals surface area contributed by atoms with Gasteiger partial charge in [0, 0.05) is 21.7 Å². The van der Waals surface area contributed by atoms with Crippen LogP contribution in [0.2, 0.25) is 0 Å². The number of benzene rings is 8. The first-order valence-electron chi connectivity index (χ1n) is 17.3. The van der Waals surface area contributed by atoms with Crippen LogP contribution in [0.5, 0.6) is 0 Å². The summed E-state index contributed by atoms with van der Waals surface area (Å²) in [5, 5.41) is 5.06. The Balaban J connectivity index is 1.35. The molecule has 2 spiro atoms. The summed E-state index contributed by atoms with van der Waals surface area (Å²) < 4.78 is 0. The maximum absolute atomic E-state index is 3.97. The van der Waals surface area contributed by atoms with Crippen LogP contribution in [0.3, 0.4) is 0 Å². The fourth-order valence-electron chi connectivity index (χ4n) is 10.4. The number of hydrogen-bond acceptors (Lipinski definition) is 0. The molecule has 0 atom stereocenters. The molecule has 0 saturated carbocycles. The van der Waals surface area contributed by atoms with Crippen LogP contribution >= 0.6 is 0 Å². The summed E-state index contributed by atoms with van der Waals surface area (Å²) in [5.41, 5.74) is 17.6. The van der Waals surface area contributed by atoms with Crippen LogP contribution in [0, 0.1) is 0 Å². The number of aromatic nitrogens is 1. The summed E-state index contributed by atoms with van der Waals surface area (Å²) in [6.07, 6.45) is 0. The monoisotopic (exact) mass is 619 g/mol. The highest BCUT2D eigenvalue weighted by molar-refractivity contribution is 6.17. The van der Waals surface area contributed by atoms with Crippen molar-refractivity contribution in [2.45, 2.75) is 10.8 Å². The van der Waals surface area contributed by atoms with E-state index in [1.165, 1.54) is 99.3 Å². The van der Waals surface area contributed by atoms with E-state index in [4.69, 9.17) is 0 Å². The smallest absolute Gasteiger partial charge is 0.0720 e. The van der Waals surface area contributed by atoms with Crippen molar-refractivity contribution < 1.29 is 0 Å². The molecule has 1 heteroatoms. The standard InChI is InChI=1S/C48H29N/c1-2-14-30-29(13-1)25-26-35-36-27-43-44(28-45(36)49-46(30)35)48(39-21-9-5-17-33(39)34-18-6-10-22-40(34)48)42-24-12-11-23-41(42)47(43)37-19-7-3-15-31(37)32-16-4-8-20-38(32)47/h1-28,49H. The van der Waals surface area contributed by atoms with Crippen molar-refractivity contribution in [2.24, 2.45) is 0 Å². The molecule has 1 heterocycles. The maximum Gasteiger partial charge on any atom is 0.0720 e. The molecule has 0 aliphatic heterocycles. The minimum Gasteiger partial charge on any atom is -0.354 e. The van der Waals surface area contributed by atoms with Crippen LogP contribution in [0.15, 0.2) is 170 Å². The van der Waals surface area contributed by atoms with Gasteiger partial charge < -0.3 is 4.98 Å². The molecule has 9 aromatic rings. The largest absolute Gasteiger partial charge is 0.354 e. The van der Waals surface area contributed by atoms with Crippen molar-refractivity contribution in [3.8, 4) is 22.3 Å². The zero-order valence-corrected chi connectivity index (χ0v) is 26.7. The molecule has 3 aliphatic rings. The molecule has 1 N–H and O–H groups in total. The fraction of sp³-hybridized carbons (Fsp3) is 0.0417. The van der Waals surface area contributed by atoms with E-state index in [9.17, 15) is 0 Å². The number of fused-ring (bicyclic) bond motifs is 21. The molecular formula is C48H29N. The molecule has 3 aliphatic carbocycles. The Bertz CT molecular complexity index is 2810. The second-order valence-electron chi connectivity index (χ2n) is 14.0. The SMILES string of the molecule is c1ccc2c(c1)-c1ccccc1C21c2ccccc2C2(c3ccccc3-c3ccccc32)c2cc3c(cc21)[nH]c1c2ccccc2ccc31. The molecule has 0 saturated heterocycles. The highest BCUT2D eigenvalue weighted by Gasteiger charge is 2.59. The molecule has 0 radical (unpaired) electrons. The topological polar surface area (TPSA) is 15.8 Å². The lowest BCUT2D eigenvalue weighted by Gasteiger charge is -2.49. The van der Waals surface area contributed by atoms with Gasteiger partial charge in [-0.05, 0) is 84.3 Å². The number of nitrogens with one attached hydrogen (secondary N) is 1. The lowest BCUT2D eigenvalue weighted by Crippen LogP contribution is -2.43. The number of aromatic amines is 1. The van der Waals surface area contributed by atoms with E-state index >= 15 is 0 Å². The summed E-state index contributed by atoms with van der Waals surface area (Å²) in [4.78, 5) is 3.97. The van der Waals surface area contributed by atoms with Crippen molar-refractivity contribution >= 4 is 32.6 Å². The zero-order valence-electron chi connectivity index (χ0n) is 26.7. The second-order valence-corrected chi connectivity index (χ2v) is 14.0. The van der Waals surface area contributed by atoms with Gasteiger partial charge in [0.05, 0.1) is 16.3 Å². The van der Waals surface area contributed by atoms with Crippen molar-refractivity contribution in [1.29, 1.82) is 0 Å². The normalized spacial score (nSPS) is 15.3. The third-order valence-electron chi connectivity index (χ3n) is 12.1.